The lowest BCUT2D eigenvalue weighted by atomic mass is 9.97. The Balaban J connectivity index is 1.62. The van der Waals surface area contributed by atoms with Crippen molar-refractivity contribution in [2.24, 2.45) is 5.92 Å². The summed E-state index contributed by atoms with van der Waals surface area (Å²) in [6.07, 6.45) is 0.852. The van der Waals surface area contributed by atoms with E-state index in [0.29, 0.717) is 31.0 Å². The SMILES string of the molecule is CNC(=O)N1CCC(C(=O)ON2C(=O)c3ccccc3C2=O)CC1. The van der Waals surface area contributed by atoms with Crippen molar-refractivity contribution < 1.29 is 24.0 Å². The number of nitrogens with one attached hydrogen (secondary N) is 1. The van der Waals surface area contributed by atoms with Gasteiger partial charge in [0.15, 0.2) is 0 Å². The molecule has 0 saturated carbocycles. The van der Waals surface area contributed by atoms with E-state index in [1.807, 2.05) is 0 Å². The number of urea groups is 1. The normalized spacial score (nSPS) is 17.7. The second-order valence-corrected chi connectivity index (χ2v) is 5.68. The zero-order chi connectivity index (χ0) is 17.3. The molecule has 0 radical (unpaired) electrons. The Bertz CT molecular complexity index is 674. The molecule has 0 aromatic heterocycles. The first-order valence-electron chi connectivity index (χ1n) is 7.69. The van der Waals surface area contributed by atoms with Crippen molar-refractivity contribution in [3.05, 3.63) is 35.4 Å². The van der Waals surface area contributed by atoms with Gasteiger partial charge in [-0.25, -0.2) is 9.59 Å². The number of carbonyl (C=O) groups is 4. The molecule has 1 N–H and O–H groups in total. The summed E-state index contributed by atoms with van der Waals surface area (Å²) in [6.45, 7) is 0.836. The summed E-state index contributed by atoms with van der Waals surface area (Å²) in [4.78, 5) is 54.8. The van der Waals surface area contributed by atoms with Gasteiger partial charge < -0.3 is 15.1 Å². The van der Waals surface area contributed by atoms with Crippen molar-refractivity contribution in [3.8, 4) is 0 Å². The lowest BCUT2D eigenvalue weighted by Gasteiger charge is -2.30. The number of hydrogen-bond donors (Lipinski definition) is 1. The lowest BCUT2D eigenvalue weighted by molar-refractivity contribution is -0.175. The molecule has 0 bridgehead atoms. The Morgan fingerprint density at radius 2 is 1.62 bits per heavy atom. The summed E-state index contributed by atoms with van der Waals surface area (Å²) in [7, 11) is 1.55. The largest absolute Gasteiger partial charge is 0.341 e. The van der Waals surface area contributed by atoms with E-state index in [0.717, 1.165) is 0 Å². The molecule has 8 heteroatoms. The summed E-state index contributed by atoms with van der Waals surface area (Å²) >= 11 is 0. The molecule has 0 unspecified atom stereocenters. The second kappa shape index (κ2) is 6.31. The van der Waals surface area contributed by atoms with Gasteiger partial charge >= 0.3 is 12.0 Å². The minimum atomic E-state index is -0.633. The van der Waals surface area contributed by atoms with Gasteiger partial charge in [-0.05, 0) is 25.0 Å². The van der Waals surface area contributed by atoms with Gasteiger partial charge in [0, 0.05) is 20.1 Å². The Morgan fingerprint density at radius 3 is 2.12 bits per heavy atom. The molecule has 3 rings (SSSR count). The molecule has 0 spiro atoms. The predicted molar refractivity (Wildman–Crippen MR) is 81.8 cm³/mol. The number of imide groups is 1. The number of carbonyl (C=O) groups excluding carboxylic acids is 4. The summed E-state index contributed by atoms with van der Waals surface area (Å²) in [6, 6.07) is 6.13. The Morgan fingerprint density at radius 1 is 1.08 bits per heavy atom. The van der Waals surface area contributed by atoms with Crippen LogP contribution in [0.2, 0.25) is 0 Å². The standard InChI is InChI=1S/C16H17N3O5/c1-17-16(23)18-8-6-10(7-9-18)15(22)24-19-13(20)11-4-2-3-5-12(11)14(19)21/h2-5,10H,6-9H2,1H3,(H,17,23). The van der Waals surface area contributed by atoms with Crippen LogP contribution in [0.15, 0.2) is 24.3 Å². The highest BCUT2D eigenvalue weighted by Gasteiger charge is 2.40. The topological polar surface area (TPSA) is 96.0 Å². The molecule has 0 aliphatic carbocycles. The fourth-order valence-corrected chi connectivity index (χ4v) is 2.89. The maximum Gasteiger partial charge on any atom is 0.336 e. The lowest BCUT2D eigenvalue weighted by Crippen LogP contribution is -2.45. The number of piperidine rings is 1. The van der Waals surface area contributed by atoms with Gasteiger partial charge in [-0.3, -0.25) is 9.59 Å². The number of nitrogens with zero attached hydrogens (tertiary/aromatic N) is 2. The molecule has 0 atom stereocenters. The van der Waals surface area contributed by atoms with E-state index in [1.165, 1.54) is 12.1 Å². The third-order valence-corrected chi connectivity index (χ3v) is 4.27. The molecule has 1 saturated heterocycles. The van der Waals surface area contributed by atoms with E-state index < -0.39 is 23.7 Å². The van der Waals surface area contributed by atoms with Crippen LogP contribution in [0, 0.1) is 5.92 Å². The van der Waals surface area contributed by atoms with Crippen LogP contribution in [-0.2, 0) is 9.63 Å². The third kappa shape index (κ3) is 2.70. The highest BCUT2D eigenvalue weighted by Crippen LogP contribution is 2.25. The molecule has 2 heterocycles. The van der Waals surface area contributed by atoms with Gasteiger partial charge in [-0.15, -0.1) is 0 Å². The second-order valence-electron chi connectivity index (χ2n) is 5.68. The molecular weight excluding hydrogens is 314 g/mol. The van der Waals surface area contributed by atoms with E-state index >= 15 is 0 Å². The van der Waals surface area contributed by atoms with Gasteiger partial charge in [0.2, 0.25) is 0 Å². The number of hydroxylamine groups is 2. The molecule has 2 aliphatic heterocycles. The van der Waals surface area contributed by atoms with Crippen LogP contribution < -0.4 is 5.32 Å². The first-order chi connectivity index (χ1) is 11.5. The average molecular weight is 331 g/mol. The van der Waals surface area contributed by atoms with Crippen LogP contribution in [0.4, 0.5) is 4.79 Å². The average Bonchev–Trinajstić information content (AvgIpc) is 2.86. The van der Waals surface area contributed by atoms with Crippen LogP contribution >= 0.6 is 0 Å². The van der Waals surface area contributed by atoms with Crippen molar-refractivity contribution in [2.45, 2.75) is 12.8 Å². The summed E-state index contributed by atoms with van der Waals surface area (Å²) in [5, 5.41) is 3.06. The van der Waals surface area contributed by atoms with E-state index in [-0.39, 0.29) is 17.2 Å². The summed E-state index contributed by atoms with van der Waals surface area (Å²) in [5.74, 6) is -2.34. The van der Waals surface area contributed by atoms with Crippen molar-refractivity contribution in [2.75, 3.05) is 20.1 Å². The number of fused-ring (bicyclic) bond motifs is 1. The van der Waals surface area contributed by atoms with Crippen molar-refractivity contribution >= 4 is 23.8 Å². The monoisotopic (exact) mass is 331 g/mol. The van der Waals surface area contributed by atoms with Crippen LogP contribution in [0.25, 0.3) is 0 Å². The number of rotatable bonds is 2. The van der Waals surface area contributed by atoms with Crippen molar-refractivity contribution in [3.63, 3.8) is 0 Å². The zero-order valence-corrected chi connectivity index (χ0v) is 13.2. The van der Waals surface area contributed by atoms with Crippen LogP contribution in [0.3, 0.4) is 0 Å². The van der Waals surface area contributed by atoms with Gasteiger partial charge in [-0.2, -0.15) is 0 Å². The molecule has 2 aliphatic rings. The molecular formula is C16H17N3O5. The van der Waals surface area contributed by atoms with E-state index in [4.69, 9.17) is 4.84 Å². The first-order valence-corrected chi connectivity index (χ1v) is 7.69. The Labute approximate surface area is 138 Å². The fraction of sp³-hybridized carbons (Fsp3) is 0.375. The van der Waals surface area contributed by atoms with Crippen molar-refractivity contribution in [1.29, 1.82) is 0 Å². The maximum absolute atomic E-state index is 12.3. The van der Waals surface area contributed by atoms with Crippen LogP contribution in [0.5, 0.6) is 0 Å². The number of likely N-dealkylation sites (tertiary alicyclic amines) is 1. The van der Waals surface area contributed by atoms with Gasteiger partial charge in [0.25, 0.3) is 11.8 Å². The molecule has 8 nitrogen and oxygen atoms in total. The highest BCUT2D eigenvalue weighted by molar-refractivity contribution is 6.20. The third-order valence-electron chi connectivity index (χ3n) is 4.27. The Kier molecular flexibility index (Phi) is 4.20. The minimum absolute atomic E-state index is 0.192. The first kappa shape index (κ1) is 16.0. The molecule has 126 valence electrons. The predicted octanol–water partition coefficient (Wildman–Crippen LogP) is 0.792. The zero-order valence-electron chi connectivity index (χ0n) is 13.2. The molecule has 1 fully saturated rings. The van der Waals surface area contributed by atoms with Crippen LogP contribution in [-0.4, -0.2) is 53.9 Å². The molecule has 1 aromatic rings. The van der Waals surface area contributed by atoms with Gasteiger partial charge in [0.05, 0.1) is 17.0 Å². The summed E-state index contributed by atoms with van der Waals surface area (Å²) in [5.41, 5.74) is 0.453. The van der Waals surface area contributed by atoms with Gasteiger partial charge in [-0.1, -0.05) is 17.2 Å². The molecule has 1 aromatic carbocycles. The summed E-state index contributed by atoms with van der Waals surface area (Å²) < 4.78 is 0. The number of hydrogen-bond acceptors (Lipinski definition) is 5. The minimum Gasteiger partial charge on any atom is -0.341 e. The maximum atomic E-state index is 12.3. The smallest absolute Gasteiger partial charge is 0.336 e. The van der Waals surface area contributed by atoms with E-state index in [9.17, 15) is 19.2 Å². The number of benzene rings is 1. The molecule has 4 amide bonds. The molecule has 24 heavy (non-hydrogen) atoms. The van der Waals surface area contributed by atoms with E-state index in [1.54, 1.807) is 24.1 Å². The highest BCUT2D eigenvalue weighted by atomic mass is 16.7. The van der Waals surface area contributed by atoms with E-state index in [2.05, 4.69) is 5.32 Å². The van der Waals surface area contributed by atoms with Crippen molar-refractivity contribution in [1.82, 2.24) is 15.3 Å². The van der Waals surface area contributed by atoms with Crippen LogP contribution in [0.1, 0.15) is 33.6 Å². The number of amides is 4. The Hall–Kier alpha value is -2.90. The fourth-order valence-electron chi connectivity index (χ4n) is 2.89. The van der Waals surface area contributed by atoms with Gasteiger partial charge in [0.1, 0.15) is 0 Å². The quantitative estimate of drug-likeness (QED) is 0.808.